The summed E-state index contributed by atoms with van der Waals surface area (Å²) < 4.78 is 0.781. The van der Waals surface area contributed by atoms with Crippen LogP contribution in [0.3, 0.4) is 0 Å². The molecule has 0 unspecified atom stereocenters. The molecule has 1 aliphatic heterocycles. The van der Waals surface area contributed by atoms with Crippen LogP contribution >= 0.6 is 23.1 Å². The van der Waals surface area contributed by atoms with Gasteiger partial charge in [0.25, 0.3) is 0 Å². The van der Waals surface area contributed by atoms with Gasteiger partial charge in [-0.1, -0.05) is 65.6 Å². The Hall–Kier alpha value is -2.84. The predicted octanol–water partition coefficient (Wildman–Crippen LogP) is 4.67. The number of aromatic nitrogens is 2. The Bertz CT molecular complexity index is 1090. The lowest BCUT2D eigenvalue weighted by Gasteiger charge is -2.19. The maximum atomic E-state index is 12.7. The Balaban J connectivity index is 1.62. The normalized spacial score (nSPS) is 15.7. The van der Waals surface area contributed by atoms with E-state index >= 15 is 0 Å². The summed E-state index contributed by atoms with van der Waals surface area (Å²) in [6.07, 6.45) is 0. The zero-order valence-electron chi connectivity index (χ0n) is 16.0. The average molecular weight is 422 g/mol. The molecule has 2 aromatic carbocycles. The highest BCUT2D eigenvalue weighted by atomic mass is 32.2. The van der Waals surface area contributed by atoms with Gasteiger partial charge in [-0.2, -0.15) is 0 Å². The second-order valence-corrected chi connectivity index (χ2v) is 8.91. The number of para-hydroxylation sites is 2. The zero-order valence-corrected chi connectivity index (χ0v) is 17.6. The molecular formula is C21H19N5OS2. The molecule has 1 atom stereocenters. The van der Waals surface area contributed by atoms with Crippen LogP contribution in [-0.2, 0) is 4.79 Å². The molecule has 146 valence electrons. The summed E-state index contributed by atoms with van der Waals surface area (Å²) in [7, 11) is 0. The molecule has 0 fully saturated rings. The van der Waals surface area contributed by atoms with Gasteiger partial charge in [0.15, 0.2) is 4.34 Å². The minimum Gasteiger partial charge on any atom is -0.313 e. The van der Waals surface area contributed by atoms with Crippen LogP contribution in [0.2, 0.25) is 0 Å². The SMILES string of the molecule is CC1=Nc2ccccc2N=C(NC(=O)CSc2nnc(C)s2)[C@H]1c1ccccc1. The molecule has 0 spiro atoms. The number of thioether (sulfide) groups is 1. The fourth-order valence-corrected chi connectivity index (χ4v) is 4.70. The number of nitrogens with zero attached hydrogens (tertiary/aromatic N) is 4. The third-order valence-electron chi connectivity index (χ3n) is 4.35. The Kier molecular flexibility index (Phi) is 5.82. The van der Waals surface area contributed by atoms with Gasteiger partial charge in [0.05, 0.1) is 23.0 Å². The van der Waals surface area contributed by atoms with Gasteiger partial charge in [-0.3, -0.25) is 9.79 Å². The number of rotatable bonds is 4. The summed E-state index contributed by atoms with van der Waals surface area (Å²) in [6.45, 7) is 3.87. The van der Waals surface area contributed by atoms with Crippen LogP contribution < -0.4 is 5.32 Å². The Morgan fingerprint density at radius 1 is 1.00 bits per heavy atom. The number of aliphatic imine (C=N–C) groups is 2. The van der Waals surface area contributed by atoms with E-state index in [1.54, 1.807) is 0 Å². The molecule has 1 N–H and O–H groups in total. The monoisotopic (exact) mass is 421 g/mol. The molecule has 0 bridgehead atoms. The second-order valence-electron chi connectivity index (χ2n) is 6.51. The van der Waals surface area contributed by atoms with E-state index in [1.807, 2.05) is 68.4 Å². The lowest BCUT2D eigenvalue weighted by Crippen LogP contribution is -2.38. The van der Waals surface area contributed by atoms with Gasteiger partial charge in [-0.05, 0) is 31.5 Å². The minimum atomic E-state index is -0.221. The third kappa shape index (κ3) is 4.60. The van der Waals surface area contributed by atoms with Gasteiger partial charge in [0.2, 0.25) is 5.91 Å². The molecule has 6 nitrogen and oxygen atoms in total. The van der Waals surface area contributed by atoms with Crippen LogP contribution in [0.1, 0.15) is 23.4 Å². The minimum absolute atomic E-state index is 0.130. The molecule has 1 aromatic heterocycles. The molecule has 4 rings (SSSR count). The van der Waals surface area contributed by atoms with Gasteiger partial charge in [-0.25, -0.2) is 4.99 Å². The molecule has 1 amide bonds. The van der Waals surface area contributed by atoms with E-state index in [2.05, 4.69) is 15.5 Å². The van der Waals surface area contributed by atoms with Crippen LogP contribution in [0.4, 0.5) is 11.4 Å². The van der Waals surface area contributed by atoms with Crippen molar-refractivity contribution < 1.29 is 4.79 Å². The van der Waals surface area contributed by atoms with E-state index < -0.39 is 0 Å². The number of carbonyl (C=O) groups is 1. The fourth-order valence-electron chi connectivity index (χ4n) is 3.09. The number of nitrogens with one attached hydrogen (secondary N) is 1. The Morgan fingerprint density at radius 2 is 1.69 bits per heavy atom. The smallest absolute Gasteiger partial charge is 0.235 e. The number of carbonyl (C=O) groups excluding carboxylic acids is 1. The fraction of sp³-hybridized carbons (Fsp3) is 0.190. The molecule has 1 aliphatic rings. The highest BCUT2D eigenvalue weighted by Gasteiger charge is 2.26. The van der Waals surface area contributed by atoms with E-state index in [4.69, 9.17) is 9.98 Å². The lowest BCUT2D eigenvalue weighted by atomic mass is 9.93. The number of amides is 1. The predicted molar refractivity (Wildman–Crippen MR) is 119 cm³/mol. The van der Waals surface area contributed by atoms with E-state index in [1.165, 1.54) is 23.1 Å². The largest absolute Gasteiger partial charge is 0.313 e. The quantitative estimate of drug-likeness (QED) is 0.621. The van der Waals surface area contributed by atoms with Crippen LogP contribution in [0.25, 0.3) is 0 Å². The van der Waals surface area contributed by atoms with Crippen molar-refractivity contribution in [1.29, 1.82) is 0 Å². The molecular weight excluding hydrogens is 402 g/mol. The molecule has 8 heteroatoms. The average Bonchev–Trinajstić information content (AvgIpc) is 3.08. The number of hydrogen-bond acceptors (Lipinski definition) is 7. The highest BCUT2D eigenvalue weighted by molar-refractivity contribution is 8.01. The molecule has 0 radical (unpaired) electrons. The van der Waals surface area contributed by atoms with Crippen molar-refractivity contribution in [2.24, 2.45) is 9.98 Å². The summed E-state index contributed by atoms with van der Waals surface area (Å²) >= 11 is 2.85. The first-order valence-corrected chi connectivity index (χ1v) is 10.9. The topological polar surface area (TPSA) is 79.6 Å². The van der Waals surface area contributed by atoms with Gasteiger partial charge < -0.3 is 5.32 Å². The van der Waals surface area contributed by atoms with Crippen molar-refractivity contribution in [3.05, 3.63) is 65.2 Å². The van der Waals surface area contributed by atoms with Gasteiger partial charge in [-0.15, -0.1) is 10.2 Å². The van der Waals surface area contributed by atoms with Crippen molar-refractivity contribution in [2.45, 2.75) is 24.1 Å². The number of benzene rings is 2. The summed E-state index contributed by atoms with van der Waals surface area (Å²) in [5.74, 6) is 0.477. The third-order valence-corrected chi connectivity index (χ3v) is 6.32. The Labute approximate surface area is 177 Å². The standard InChI is InChI=1S/C21H19N5OS2/c1-13-19(15-8-4-3-5-9-15)20(23-17-11-7-6-10-16(17)22-13)24-18(27)12-28-21-26-25-14(2)29-21/h3-11,19H,12H2,1-2H3,(H,23,24,27)/t19-/m1/s1. The molecule has 0 saturated heterocycles. The van der Waals surface area contributed by atoms with Gasteiger partial charge in [0.1, 0.15) is 10.8 Å². The summed E-state index contributed by atoms with van der Waals surface area (Å²) in [4.78, 5) is 22.3. The van der Waals surface area contributed by atoms with E-state index in [0.29, 0.717) is 5.84 Å². The maximum absolute atomic E-state index is 12.7. The second kappa shape index (κ2) is 8.67. The summed E-state index contributed by atoms with van der Waals surface area (Å²) in [5.41, 5.74) is 3.46. The number of hydrogen-bond donors (Lipinski definition) is 1. The van der Waals surface area contributed by atoms with Crippen molar-refractivity contribution >= 4 is 51.9 Å². The van der Waals surface area contributed by atoms with Crippen molar-refractivity contribution in [2.75, 3.05) is 5.75 Å². The number of fused-ring (bicyclic) bond motifs is 1. The van der Waals surface area contributed by atoms with E-state index in [0.717, 1.165) is 32.0 Å². The Morgan fingerprint density at radius 3 is 2.38 bits per heavy atom. The van der Waals surface area contributed by atoms with Gasteiger partial charge >= 0.3 is 0 Å². The first kappa shape index (κ1) is 19.5. The molecule has 3 aromatic rings. The van der Waals surface area contributed by atoms with Crippen molar-refractivity contribution in [3.63, 3.8) is 0 Å². The van der Waals surface area contributed by atoms with Crippen LogP contribution in [0.5, 0.6) is 0 Å². The highest BCUT2D eigenvalue weighted by Crippen LogP contribution is 2.34. The van der Waals surface area contributed by atoms with E-state index in [-0.39, 0.29) is 17.6 Å². The summed E-state index contributed by atoms with van der Waals surface area (Å²) in [6, 6.07) is 17.7. The maximum Gasteiger partial charge on any atom is 0.235 e. The lowest BCUT2D eigenvalue weighted by molar-refractivity contribution is -0.117. The first-order valence-electron chi connectivity index (χ1n) is 9.10. The zero-order chi connectivity index (χ0) is 20.2. The van der Waals surface area contributed by atoms with Crippen LogP contribution in [0.15, 0.2) is 68.9 Å². The number of amidine groups is 1. The van der Waals surface area contributed by atoms with Crippen molar-refractivity contribution in [1.82, 2.24) is 15.5 Å². The van der Waals surface area contributed by atoms with Crippen molar-refractivity contribution in [3.8, 4) is 0 Å². The molecule has 0 aliphatic carbocycles. The van der Waals surface area contributed by atoms with Crippen LogP contribution in [-0.4, -0.2) is 33.4 Å². The number of aryl methyl sites for hydroxylation is 1. The van der Waals surface area contributed by atoms with E-state index in [9.17, 15) is 4.79 Å². The molecule has 2 heterocycles. The molecule has 0 saturated carbocycles. The van der Waals surface area contributed by atoms with Gasteiger partial charge in [0, 0.05) is 5.71 Å². The first-order chi connectivity index (χ1) is 14.1. The molecule has 29 heavy (non-hydrogen) atoms. The summed E-state index contributed by atoms with van der Waals surface area (Å²) in [5, 5.41) is 11.9. The van der Waals surface area contributed by atoms with Crippen LogP contribution in [0, 0.1) is 6.92 Å².